The van der Waals surface area contributed by atoms with Crippen molar-refractivity contribution in [2.75, 3.05) is 57.3 Å². The first-order valence-corrected chi connectivity index (χ1v) is 19.0. The Kier molecular flexibility index (Phi) is 26.1. The number of carbonyl (C=O) groups is 2. The number of hydrogen-bond acceptors (Lipinski definition) is 7. The Morgan fingerprint density at radius 2 is 1.07 bits per heavy atom. The van der Waals surface area contributed by atoms with Crippen molar-refractivity contribution in [2.45, 2.75) is 74.1 Å². The van der Waals surface area contributed by atoms with Crippen molar-refractivity contribution in [3.63, 3.8) is 0 Å². The SMILES string of the molecule is C#C.C=C(C)C(=O)OCCN(C)c1ccc(/C=C/c2cc(OC)c(/C=C/c3ccc(N(CCCC)CCCC)cc3)cc2OC)cc1.C=C(C)C(C)=O.CC. The van der Waals surface area contributed by atoms with Crippen LogP contribution in [0.1, 0.15) is 96.4 Å². The Labute approximate surface area is 333 Å². The van der Waals surface area contributed by atoms with Crippen LogP contribution in [-0.4, -0.2) is 59.3 Å². The standard InChI is InChI=1S/C39H50N2O4.C5H8O.C2H6.C2H2/c1-8-10-24-41(25-11-9-2)36-22-16-32(17-23-36)13-19-34-29-37(43-6)33(28-38(34)44-7)18-12-31-14-20-35(21-15-31)40(5)26-27-45-39(42)30(3)4;1-4(2)5(3)6;2*1-2/h12-23,28-29H,3,8-11,24-27H2,1-2,4-7H3;1H2,2-3H3;1-2H3;1-2H/b18-12+,19-13+;;;. The second-order valence-corrected chi connectivity index (χ2v) is 12.6. The maximum absolute atomic E-state index is 11.6. The summed E-state index contributed by atoms with van der Waals surface area (Å²) in [5, 5.41) is 0. The van der Waals surface area contributed by atoms with Crippen molar-refractivity contribution in [3.05, 3.63) is 107 Å². The van der Waals surface area contributed by atoms with Gasteiger partial charge in [-0.05, 0) is 86.7 Å². The molecule has 0 aliphatic carbocycles. The second kappa shape index (κ2) is 28.9. The third-order valence-electron chi connectivity index (χ3n) is 8.26. The van der Waals surface area contributed by atoms with Gasteiger partial charge in [-0.25, -0.2) is 4.79 Å². The number of ether oxygens (including phenoxy) is 3. The minimum Gasteiger partial charge on any atom is -0.496 e. The summed E-state index contributed by atoms with van der Waals surface area (Å²) in [4.78, 5) is 26.2. The number of hydrogen-bond donors (Lipinski definition) is 0. The summed E-state index contributed by atoms with van der Waals surface area (Å²) in [6, 6.07) is 21.0. The second-order valence-electron chi connectivity index (χ2n) is 12.6. The summed E-state index contributed by atoms with van der Waals surface area (Å²) >= 11 is 0. The van der Waals surface area contributed by atoms with Crippen LogP contribution in [0.4, 0.5) is 11.4 Å². The van der Waals surface area contributed by atoms with Crippen molar-refractivity contribution in [3.8, 4) is 24.3 Å². The van der Waals surface area contributed by atoms with E-state index >= 15 is 0 Å². The monoisotopic (exact) mass is 750 g/mol. The molecule has 3 rings (SSSR count). The average molecular weight is 751 g/mol. The number of ketones is 1. The van der Waals surface area contributed by atoms with Gasteiger partial charge in [0.25, 0.3) is 0 Å². The maximum atomic E-state index is 11.6. The van der Waals surface area contributed by atoms with E-state index in [1.54, 1.807) is 28.1 Å². The van der Waals surface area contributed by atoms with Gasteiger partial charge in [-0.15, -0.1) is 12.8 Å². The number of rotatable bonds is 19. The Morgan fingerprint density at radius 3 is 1.42 bits per heavy atom. The number of anilines is 2. The Hall–Kier alpha value is -5.48. The minimum absolute atomic E-state index is 0.0648. The van der Waals surface area contributed by atoms with E-state index in [0.717, 1.165) is 52.5 Å². The Morgan fingerprint density at radius 1 is 0.673 bits per heavy atom. The fourth-order valence-electron chi connectivity index (χ4n) is 4.81. The summed E-state index contributed by atoms with van der Waals surface area (Å²) in [5.41, 5.74) is 7.41. The highest BCUT2D eigenvalue weighted by Crippen LogP contribution is 2.32. The smallest absolute Gasteiger partial charge is 0.333 e. The fraction of sp³-hybridized carbons (Fsp3) is 0.375. The number of benzene rings is 3. The molecule has 0 fully saturated rings. The minimum atomic E-state index is -0.364. The van der Waals surface area contributed by atoms with Crippen LogP contribution in [0.5, 0.6) is 11.5 Å². The third kappa shape index (κ3) is 18.9. The molecule has 0 aromatic heterocycles. The molecule has 0 heterocycles. The van der Waals surface area contributed by atoms with E-state index in [4.69, 9.17) is 14.2 Å². The highest BCUT2D eigenvalue weighted by Gasteiger charge is 2.10. The molecule has 0 saturated carbocycles. The zero-order valence-electron chi connectivity index (χ0n) is 35.2. The number of Topliss-reactive ketones (excluding diaryl/α,β-unsaturated/α-hetero) is 1. The zero-order valence-corrected chi connectivity index (χ0v) is 35.2. The highest BCUT2D eigenvalue weighted by atomic mass is 16.5. The molecule has 3 aromatic carbocycles. The zero-order chi connectivity index (χ0) is 41.8. The molecule has 55 heavy (non-hydrogen) atoms. The number of likely N-dealkylation sites (N-methyl/N-ethyl adjacent to an activating group) is 1. The lowest BCUT2D eigenvalue weighted by molar-refractivity contribution is -0.138. The molecule has 0 bridgehead atoms. The number of unbranched alkanes of at least 4 members (excludes halogenated alkanes) is 2. The summed E-state index contributed by atoms with van der Waals surface area (Å²) in [6.45, 7) is 23.4. The number of methoxy groups -OCH3 is 2. The van der Waals surface area contributed by atoms with E-state index in [9.17, 15) is 9.59 Å². The van der Waals surface area contributed by atoms with E-state index < -0.39 is 0 Å². The van der Waals surface area contributed by atoms with Crippen LogP contribution in [0.2, 0.25) is 0 Å². The highest BCUT2D eigenvalue weighted by molar-refractivity contribution is 5.91. The van der Waals surface area contributed by atoms with Crippen molar-refractivity contribution in [1.29, 1.82) is 0 Å². The summed E-state index contributed by atoms with van der Waals surface area (Å²) in [5.74, 6) is 1.25. The van der Waals surface area contributed by atoms with Crippen molar-refractivity contribution >= 4 is 47.4 Å². The van der Waals surface area contributed by atoms with Gasteiger partial charge in [0.15, 0.2) is 5.78 Å². The lowest BCUT2D eigenvalue weighted by Crippen LogP contribution is -2.25. The summed E-state index contributed by atoms with van der Waals surface area (Å²) in [6.07, 6.45) is 21.1. The van der Waals surface area contributed by atoms with Crippen molar-refractivity contribution in [1.82, 2.24) is 0 Å². The van der Waals surface area contributed by atoms with Crippen LogP contribution < -0.4 is 19.3 Å². The molecule has 7 nitrogen and oxygen atoms in total. The molecule has 0 N–H and O–H groups in total. The molecule has 3 aromatic rings. The first-order chi connectivity index (χ1) is 26.4. The van der Waals surface area contributed by atoms with Gasteiger partial charge >= 0.3 is 5.97 Å². The number of allylic oxidation sites excluding steroid dienone is 1. The molecule has 0 unspecified atom stereocenters. The van der Waals surface area contributed by atoms with Gasteiger partial charge in [0.05, 0.1) is 20.8 Å². The molecule has 0 aliphatic heterocycles. The number of nitrogens with zero attached hydrogens (tertiary/aromatic N) is 2. The van der Waals surface area contributed by atoms with Crippen LogP contribution in [0, 0.1) is 12.8 Å². The predicted molar refractivity (Wildman–Crippen MR) is 238 cm³/mol. The van der Waals surface area contributed by atoms with Crippen LogP contribution in [0.15, 0.2) is 85.0 Å². The van der Waals surface area contributed by atoms with Gasteiger partial charge in [0.2, 0.25) is 0 Å². The van der Waals surface area contributed by atoms with E-state index in [-0.39, 0.29) is 11.8 Å². The molecule has 0 saturated heterocycles. The molecule has 0 spiro atoms. The molecule has 0 radical (unpaired) electrons. The lowest BCUT2D eigenvalue weighted by Gasteiger charge is -2.24. The average Bonchev–Trinajstić information content (AvgIpc) is 3.21. The van der Waals surface area contributed by atoms with Gasteiger partial charge in [0.1, 0.15) is 18.1 Å². The van der Waals surface area contributed by atoms with Crippen LogP contribution in [-0.2, 0) is 14.3 Å². The fourth-order valence-corrected chi connectivity index (χ4v) is 4.81. The van der Waals surface area contributed by atoms with E-state index in [1.807, 2.05) is 56.1 Å². The van der Waals surface area contributed by atoms with Crippen LogP contribution in [0.25, 0.3) is 24.3 Å². The molecule has 298 valence electrons. The topological polar surface area (TPSA) is 68.3 Å². The van der Waals surface area contributed by atoms with E-state index in [0.29, 0.717) is 24.3 Å². The van der Waals surface area contributed by atoms with Gasteiger partial charge < -0.3 is 24.0 Å². The normalized spacial score (nSPS) is 10.1. The maximum Gasteiger partial charge on any atom is 0.333 e. The van der Waals surface area contributed by atoms with Crippen molar-refractivity contribution < 1.29 is 23.8 Å². The van der Waals surface area contributed by atoms with Gasteiger partial charge in [-0.1, -0.05) is 102 Å². The first-order valence-electron chi connectivity index (χ1n) is 19.0. The largest absolute Gasteiger partial charge is 0.496 e. The van der Waals surface area contributed by atoms with Crippen LogP contribution in [0.3, 0.4) is 0 Å². The van der Waals surface area contributed by atoms with Crippen LogP contribution >= 0.6 is 0 Å². The quantitative estimate of drug-likeness (QED) is 0.0523. The molecule has 0 aliphatic rings. The Balaban J connectivity index is 0.00000261. The predicted octanol–water partition coefficient (Wildman–Crippen LogP) is 11.4. The Bertz CT molecular complexity index is 1650. The van der Waals surface area contributed by atoms with E-state index in [2.05, 4.69) is 99.4 Å². The van der Waals surface area contributed by atoms with Crippen molar-refractivity contribution in [2.24, 2.45) is 0 Å². The van der Waals surface area contributed by atoms with E-state index in [1.165, 1.54) is 38.3 Å². The number of esters is 1. The number of carbonyl (C=O) groups excluding carboxylic acids is 2. The first kappa shape index (κ1) is 49.5. The molecule has 7 heteroatoms. The summed E-state index contributed by atoms with van der Waals surface area (Å²) in [7, 11) is 5.35. The van der Waals surface area contributed by atoms with Gasteiger partial charge in [0, 0.05) is 48.2 Å². The summed E-state index contributed by atoms with van der Waals surface area (Å²) < 4.78 is 16.7. The molecular formula is C48H66N2O5. The van der Waals surface area contributed by atoms with Gasteiger partial charge in [-0.3, -0.25) is 4.79 Å². The van der Waals surface area contributed by atoms with Gasteiger partial charge in [-0.2, -0.15) is 0 Å². The number of terminal acetylenes is 1. The molecule has 0 atom stereocenters. The molecule has 0 amide bonds. The molecular weight excluding hydrogens is 685 g/mol. The third-order valence-corrected chi connectivity index (χ3v) is 8.26. The lowest BCUT2D eigenvalue weighted by atomic mass is 10.0.